The maximum atomic E-state index is 14.1. The molecule has 3 aliphatic heterocycles. The minimum absolute atomic E-state index is 0.0361. The van der Waals surface area contributed by atoms with Crippen LogP contribution in [0, 0.1) is 11.8 Å². The molecule has 7 rings (SSSR count). The lowest BCUT2D eigenvalue weighted by atomic mass is 10.0. The minimum Gasteiger partial charge on any atom is -0.342 e. The zero-order valence-electron chi connectivity index (χ0n) is 25.3. The molecule has 228 valence electrons. The van der Waals surface area contributed by atoms with Gasteiger partial charge in [-0.2, -0.15) is 4.98 Å². The Morgan fingerprint density at radius 3 is 2.42 bits per heavy atom. The summed E-state index contributed by atoms with van der Waals surface area (Å²) in [6.07, 6.45) is 1.36. The third kappa shape index (κ3) is 4.54. The molecule has 0 saturated carbocycles. The summed E-state index contributed by atoms with van der Waals surface area (Å²) in [5.74, 6) is 6.33. The van der Waals surface area contributed by atoms with Crippen LogP contribution in [0.15, 0.2) is 63.1 Å². The van der Waals surface area contributed by atoms with Crippen LogP contribution < -0.4 is 21.5 Å². The second-order valence-corrected chi connectivity index (χ2v) is 11.6. The highest BCUT2D eigenvalue weighted by atomic mass is 16.2. The van der Waals surface area contributed by atoms with Crippen molar-refractivity contribution in [1.29, 1.82) is 0 Å². The van der Waals surface area contributed by atoms with E-state index in [1.54, 1.807) is 42.8 Å². The van der Waals surface area contributed by atoms with Gasteiger partial charge >= 0.3 is 5.69 Å². The Hall–Kier alpha value is -5.44. The first-order valence-corrected chi connectivity index (χ1v) is 15.0. The van der Waals surface area contributed by atoms with E-state index in [-0.39, 0.29) is 48.2 Å². The van der Waals surface area contributed by atoms with Crippen LogP contribution in [0.3, 0.4) is 0 Å². The van der Waals surface area contributed by atoms with Crippen molar-refractivity contribution < 1.29 is 9.59 Å². The van der Waals surface area contributed by atoms with Gasteiger partial charge in [0.2, 0.25) is 5.95 Å². The molecule has 0 aliphatic carbocycles. The van der Waals surface area contributed by atoms with E-state index in [1.165, 1.54) is 14.0 Å². The second kappa shape index (κ2) is 10.9. The lowest BCUT2D eigenvalue weighted by molar-refractivity contribution is 0.0569. The van der Waals surface area contributed by atoms with Gasteiger partial charge < -0.3 is 10.2 Å². The van der Waals surface area contributed by atoms with Crippen molar-refractivity contribution >= 4 is 40.4 Å². The third-order valence-corrected chi connectivity index (χ3v) is 8.84. The van der Waals surface area contributed by atoms with E-state index in [4.69, 9.17) is 9.98 Å². The number of nitrogens with one attached hydrogen (secondary N) is 1. The number of hydrogen-bond acceptors (Lipinski definition) is 8. The average Bonchev–Trinajstić information content (AvgIpc) is 3.56. The summed E-state index contributed by atoms with van der Waals surface area (Å²) in [5, 5.41) is 3.28. The van der Waals surface area contributed by atoms with Crippen molar-refractivity contribution in [2.24, 2.45) is 12.0 Å². The van der Waals surface area contributed by atoms with Gasteiger partial charge in [0, 0.05) is 25.8 Å². The molecule has 0 bridgehead atoms. The summed E-state index contributed by atoms with van der Waals surface area (Å²) in [7, 11) is 1.60. The fourth-order valence-corrected chi connectivity index (χ4v) is 6.63. The van der Waals surface area contributed by atoms with Gasteiger partial charge in [-0.1, -0.05) is 36.3 Å². The summed E-state index contributed by atoms with van der Waals surface area (Å²) in [6.45, 7) is 4.77. The van der Waals surface area contributed by atoms with Crippen molar-refractivity contribution in [3.63, 3.8) is 0 Å². The molecule has 45 heavy (non-hydrogen) atoms. The fourth-order valence-electron chi connectivity index (χ4n) is 6.63. The number of imide groups is 1. The van der Waals surface area contributed by atoms with Crippen LogP contribution in [-0.4, -0.2) is 60.4 Å². The van der Waals surface area contributed by atoms with E-state index in [1.807, 2.05) is 36.1 Å². The number of imidazole rings is 1. The number of piperidine rings is 1. The first-order valence-electron chi connectivity index (χ1n) is 15.0. The SMILES string of the molecule is CC#CCn1c(N2CCC[C@H](N3C(=O)c4ccccc4C3=O)C2)nc2c1c(=O)n(CC1=NC(C)c3ccccc3N1)c(=O)n2C. The number of carbonyl (C=O) groups is 2. The summed E-state index contributed by atoms with van der Waals surface area (Å²) in [6, 6.07) is 14.2. The number of para-hydroxylation sites is 1. The molecule has 2 aromatic heterocycles. The normalized spacial score (nSPS) is 19.1. The summed E-state index contributed by atoms with van der Waals surface area (Å²) in [5.41, 5.74) is 2.25. The fraction of sp³-hybridized carbons (Fsp3) is 0.333. The number of fused-ring (bicyclic) bond motifs is 3. The molecule has 1 N–H and O–H groups in total. The lowest BCUT2D eigenvalue weighted by Gasteiger charge is -2.37. The number of anilines is 2. The molecule has 0 spiro atoms. The van der Waals surface area contributed by atoms with Crippen LogP contribution in [-0.2, 0) is 20.1 Å². The van der Waals surface area contributed by atoms with Gasteiger partial charge in [0.25, 0.3) is 17.4 Å². The van der Waals surface area contributed by atoms with Gasteiger partial charge in [-0.15, -0.1) is 5.92 Å². The Morgan fingerprint density at radius 1 is 0.978 bits per heavy atom. The number of carbonyl (C=O) groups excluding carboxylic acids is 2. The largest absolute Gasteiger partial charge is 0.342 e. The highest BCUT2D eigenvalue weighted by Crippen LogP contribution is 2.31. The molecular weight excluding hydrogens is 572 g/mol. The zero-order chi connectivity index (χ0) is 31.4. The molecular formula is C33H32N8O4. The molecule has 2 aromatic carbocycles. The van der Waals surface area contributed by atoms with E-state index in [0.29, 0.717) is 48.8 Å². The van der Waals surface area contributed by atoms with Gasteiger partial charge in [-0.3, -0.25) is 38.0 Å². The smallest absolute Gasteiger partial charge is 0.332 e. The second-order valence-electron chi connectivity index (χ2n) is 11.6. The molecule has 3 aliphatic rings. The van der Waals surface area contributed by atoms with Crippen LogP contribution in [0.4, 0.5) is 11.6 Å². The van der Waals surface area contributed by atoms with Gasteiger partial charge in [0.1, 0.15) is 5.84 Å². The highest BCUT2D eigenvalue weighted by Gasteiger charge is 2.41. The van der Waals surface area contributed by atoms with E-state index in [9.17, 15) is 19.2 Å². The van der Waals surface area contributed by atoms with Crippen molar-refractivity contribution in [3.05, 3.63) is 86.1 Å². The van der Waals surface area contributed by atoms with Crippen LogP contribution >= 0.6 is 0 Å². The Morgan fingerprint density at radius 2 is 1.69 bits per heavy atom. The molecule has 2 amide bonds. The summed E-state index contributed by atoms with van der Waals surface area (Å²) in [4.78, 5) is 67.1. The van der Waals surface area contributed by atoms with E-state index >= 15 is 0 Å². The molecule has 2 atom stereocenters. The number of nitrogens with zero attached hydrogens (tertiary/aromatic N) is 7. The predicted molar refractivity (Wildman–Crippen MR) is 171 cm³/mol. The maximum absolute atomic E-state index is 14.1. The number of benzene rings is 2. The van der Waals surface area contributed by atoms with Crippen molar-refractivity contribution in [2.45, 2.75) is 51.9 Å². The lowest BCUT2D eigenvalue weighted by Crippen LogP contribution is -2.50. The Kier molecular flexibility index (Phi) is 6.88. The average molecular weight is 605 g/mol. The van der Waals surface area contributed by atoms with Crippen LogP contribution in [0.25, 0.3) is 11.2 Å². The van der Waals surface area contributed by atoms with E-state index in [0.717, 1.165) is 11.3 Å². The van der Waals surface area contributed by atoms with Gasteiger partial charge in [-0.25, -0.2) is 4.79 Å². The quantitative estimate of drug-likeness (QED) is 0.274. The van der Waals surface area contributed by atoms with E-state index in [2.05, 4.69) is 17.2 Å². The van der Waals surface area contributed by atoms with Crippen molar-refractivity contribution in [1.82, 2.24) is 23.6 Å². The summed E-state index contributed by atoms with van der Waals surface area (Å²) < 4.78 is 4.29. The summed E-state index contributed by atoms with van der Waals surface area (Å²) >= 11 is 0. The number of amides is 2. The molecule has 1 unspecified atom stereocenters. The Balaban J connectivity index is 1.27. The molecule has 1 fully saturated rings. The number of aryl methyl sites for hydroxylation is 1. The molecule has 12 nitrogen and oxygen atoms in total. The maximum Gasteiger partial charge on any atom is 0.332 e. The third-order valence-electron chi connectivity index (χ3n) is 8.84. The van der Waals surface area contributed by atoms with Crippen LogP contribution in [0.1, 0.15) is 59.0 Å². The van der Waals surface area contributed by atoms with Crippen molar-refractivity contribution in [2.75, 3.05) is 23.3 Å². The van der Waals surface area contributed by atoms with Crippen molar-refractivity contribution in [3.8, 4) is 11.8 Å². The first-order chi connectivity index (χ1) is 21.8. The number of amidine groups is 1. The standard InChI is InChI=1S/C33H32N8O4/c1-4-5-17-39-27-28(37(3)33(45)40(31(27)44)19-26-34-20(2)22-12-8-9-15-25(22)35-26)36-32(39)38-16-10-11-21(18-38)41-29(42)23-13-6-7-14-24(23)30(41)43/h6-9,12-15,20-21H,10-11,16-19H2,1-3H3,(H,34,35)/t20?,21-/m0/s1. The van der Waals surface area contributed by atoms with Crippen LogP contribution in [0.2, 0.25) is 0 Å². The molecule has 5 heterocycles. The number of aromatic nitrogens is 4. The Bertz CT molecular complexity index is 2080. The molecule has 1 saturated heterocycles. The molecule has 12 heteroatoms. The first kappa shape index (κ1) is 28.3. The monoisotopic (exact) mass is 604 g/mol. The molecule has 4 aromatic rings. The predicted octanol–water partition coefficient (Wildman–Crippen LogP) is 2.77. The topological polar surface area (TPSA) is 127 Å². The Labute approximate surface area is 258 Å². The highest BCUT2D eigenvalue weighted by molar-refractivity contribution is 6.21. The number of hydrogen-bond donors (Lipinski definition) is 1. The number of aliphatic imine (C=N–C) groups is 1. The number of rotatable bonds is 5. The van der Waals surface area contributed by atoms with Gasteiger partial charge in [0.05, 0.1) is 36.3 Å². The van der Waals surface area contributed by atoms with Gasteiger partial charge in [0.15, 0.2) is 11.2 Å². The zero-order valence-corrected chi connectivity index (χ0v) is 25.3. The van der Waals surface area contributed by atoms with Crippen LogP contribution in [0.5, 0.6) is 0 Å². The minimum atomic E-state index is -0.510. The molecule has 0 radical (unpaired) electrons. The van der Waals surface area contributed by atoms with E-state index < -0.39 is 11.2 Å². The van der Waals surface area contributed by atoms with Gasteiger partial charge in [-0.05, 0) is 50.5 Å².